The Labute approximate surface area is 104 Å². The van der Waals surface area contributed by atoms with E-state index in [1.54, 1.807) is 18.2 Å². The van der Waals surface area contributed by atoms with Gasteiger partial charge in [0.15, 0.2) is 5.78 Å². The zero-order valence-corrected chi connectivity index (χ0v) is 10.8. The highest BCUT2D eigenvalue weighted by atomic mass is 79.9. The minimum atomic E-state index is -0.181. The molecule has 0 radical (unpaired) electrons. The number of hydrogen-bond acceptors (Lipinski definition) is 3. The molecule has 1 aromatic rings. The van der Waals surface area contributed by atoms with Crippen molar-refractivity contribution in [2.45, 2.75) is 20.0 Å². The number of benzene rings is 1. The van der Waals surface area contributed by atoms with E-state index in [4.69, 9.17) is 4.74 Å². The van der Waals surface area contributed by atoms with Crippen LogP contribution < -0.4 is 4.74 Å². The smallest absolute Gasteiger partial charge is 0.164 e. The van der Waals surface area contributed by atoms with Crippen LogP contribution in [0.2, 0.25) is 0 Å². The van der Waals surface area contributed by atoms with Gasteiger partial charge in [-0.3, -0.25) is 4.79 Å². The maximum Gasteiger partial charge on any atom is 0.164 e. The van der Waals surface area contributed by atoms with E-state index in [0.717, 1.165) is 0 Å². The van der Waals surface area contributed by atoms with Crippen molar-refractivity contribution < 1.29 is 14.6 Å². The monoisotopic (exact) mass is 286 g/mol. The van der Waals surface area contributed by atoms with Crippen LogP contribution in [0.4, 0.5) is 0 Å². The van der Waals surface area contributed by atoms with Crippen molar-refractivity contribution in [1.82, 2.24) is 0 Å². The Bertz CT molecular complexity index is 363. The molecule has 0 heterocycles. The van der Waals surface area contributed by atoms with Gasteiger partial charge in [0.1, 0.15) is 5.75 Å². The summed E-state index contributed by atoms with van der Waals surface area (Å²) in [5.74, 6) is 0.605. The molecule has 88 valence electrons. The Balaban J connectivity index is 3.08. The summed E-state index contributed by atoms with van der Waals surface area (Å²) in [6, 6.07) is 5.25. The lowest BCUT2D eigenvalue weighted by atomic mass is 10.0. The highest BCUT2D eigenvalue weighted by molar-refractivity contribution is 9.09. The van der Waals surface area contributed by atoms with Crippen LogP contribution in [0.15, 0.2) is 18.2 Å². The normalized spacial score (nSPS) is 10.2. The lowest BCUT2D eigenvalue weighted by Gasteiger charge is -2.12. The summed E-state index contributed by atoms with van der Waals surface area (Å²) in [6.45, 7) is 2.21. The van der Waals surface area contributed by atoms with Crippen molar-refractivity contribution in [3.05, 3.63) is 29.3 Å². The average molecular weight is 287 g/mol. The van der Waals surface area contributed by atoms with E-state index in [2.05, 4.69) is 15.9 Å². The quantitative estimate of drug-likeness (QED) is 0.646. The van der Waals surface area contributed by atoms with Gasteiger partial charge in [0, 0.05) is 22.9 Å². The lowest BCUT2D eigenvalue weighted by molar-refractivity contribution is 0.0986. The van der Waals surface area contributed by atoms with E-state index < -0.39 is 0 Å². The number of ether oxygens (including phenoxy) is 1. The number of carbonyl (C=O) groups excluding carboxylic acids is 1. The number of halogens is 1. The Morgan fingerprint density at radius 1 is 1.50 bits per heavy atom. The molecule has 0 aromatic heterocycles. The molecule has 1 N–H and O–H groups in total. The van der Waals surface area contributed by atoms with Gasteiger partial charge in [-0.2, -0.15) is 0 Å². The summed E-state index contributed by atoms with van der Waals surface area (Å²) in [7, 11) is 0. The van der Waals surface area contributed by atoms with E-state index in [0.29, 0.717) is 35.2 Å². The van der Waals surface area contributed by atoms with Gasteiger partial charge in [0.05, 0.1) is 13.2 Å². The van der Waals surface area contributed by atoms with Crippen LogP contribution in [0, 0.1) is 0 Å². The third-order valence-corrected chi connectivity index (χ3v) is 2.61. The van der Waals surface area contributed by atoms with Crippen LogP contribution in [0.1, 0.15) is 29.3 Å². The number of hydrogen-bond donors (Lipinski definition) is 1. The topological polar surface area (TPSA) is 46.5 Å². The van der Waals surface area contributed by atoms with Gasteiger partial charge < -0.3 is 9.84 Å². The Morgan fingerprint density at radius 2 is 2.25 bits per heavy atom. The molecule has 0 saturated heterocycles. The first-order chi connectivity index (χ1) is 7.74. The number of carbonyl (C=O) groups is 1. The third kappa shape index (κ3) is 3.06. The number of ketones is 1. The van der Waals surface area contributed by atoms with Gasteiger partial charge in [-0.25, -0.2) is 0 Å². The fourth-order valence-corrected chi connectivity index (χ4v) is 1.86. The second-order valence-corrected chi connectivity index (χ2v) is 4.03. The van der Waals surface area contributed by atoms with Crippen LogP contribution in [-0.2, 0) is 6.61 Å². The highest BCUT2D eigenvalue weighted by Gasteiger charge is 2.14. The average Bonchev–Trinajstić information content (AvgIpc) is 2.29. The molecule has 0 bridgehead atoms. The summed E-state index contributed by atoms with van der Waals surface area (Å²) in [4.78, 5) is 11.8. The van der Waals surface area contributed by atoms with E-state index >= 15 is 0 Å². The van der Waals surface area contributed by atoms with E-state index in [1.807, 2.05) is 6.92 Å². The SMILES string of the molecule is CCOc1cccc(C(=O)CCBr)c1CO. The van der Waals surface area contributed by atoms with Crippen molar-refractivity contribution in [1.29, 1.82) is 0 Å². The molecule has 0 aliphatic heterocycles. The van der Waals surface area contributed by atoms with Crippen molar-refractivity contribution >= 4 is 21.7 Å². The number of Topliss-reactive ketones (excluding diaryl/α,β-unsaturated/α-hetero) is 1. The van der Waals surface area contributed by atoms with Crippen molar-refractivity contribution in [2.75, 3.05) is 11.9 Å². The highest BCUT2D eigenvalue weighted by Crippen LogP contribution is 2.23. The molecule has 4 heteroatoms. The maximum absolute atomic E-state index is 11.8. The predicted octanol–water partition coefficient (Wildman–Crippen LogP) is 2.55. The molecule has 1 rings (SSSR count). The molecule has 0 aliphatic carbocycles. The zero-order valence-electron chi connectivity index (χ0n) is 9.20. The third-order valence-electron chi connectivity index (χ3n) is 2.21. The van der Waals surface area contributed by atoms with Gasteiger partial charge in [-0.1, -0.05) is 28.1 Å². The molecule has 0 spiro atoms. The van der Waals surface area contributed by atoms with Crippen molar-refractivity contribution in [3.8, 4) is 5.75 Å². The van der Waals surface area contributed by atoms with E-state index in [1.165, 1.54) is 0 Å². The molecule has 0 fully saturated rings. The summed E-state index contributed by atoms with van der Waals surface area (Å²) < 4.78 is 5.37. The van der Waals surface area contributed by atoms with Gasteiger partial charge in [-0.15, -0.1) is 0 Å². The largest absolute Gasteiger partial charge is 0.493 e. The number of aliphatic hydroxyl groups excluding tert-OH is 1. The number of aliphatic hydroxyl groups is 1. The van der Waals surface area contributed by atoms with Crippen LogP contribution in [0.3, 0.4) is 0 Å². The first kappa shape index (κ1) is 13.2. The molecule has 16 heavy (non-hydrogen) atoms. The molecular formula is C12H15BrO3. The molecule has 1 aromatic carbocycles. The molecule has 0 saturated carbocycles. The van der Waals surface area contributed by atoms with Gasteiger partial charge in [0.2, 0.25) is 0 Å². The van der Waals surface area contributed by atoms with Crippen LogP contribution in [-0.4, -0.2) is 22.8 Å². The van der Waals surface area contributed by atoms with Gasteiger partial charge in [0.25, 0.3) is 0 Å². The first-order valence-corrected chi connectivity index (χ1v) is 6.31. The van der Waals surface area contributed by atoms with Crippen LogP contribution in [0.25, 0.3) is 0 Å². The van der Waals surface area contributed by atoms with E-state index in [9.17, 15) is 9.90 Å². The Morgan fingerprint density at radius 3 is 2.81 bits per heavy atom. The Hall–Kier alpha value is -0.870. The van der Waals surface area contributed by atoms with Crippen molar-refractivity contribution in [3.63, 3.8) is 0 Å². The Kier molecular flexibility index (Phi) is 5.49. The van der Waals surface area contributed by atoms with Crippen LogP contribution >= 0.6 is 15.9 Å². The fraction of sp³-hybridized carbons (Fsp3) is 0.417. The molecule has 3 nitrogen and oxygen atoms in total. The summed E-state index contributed by atoms with van der Waals surface area (Å²) in [5, 5.41) is 9.92. The second-order valence-electron chi connectivity index (χ2n) is 3.24. The summed E-state index contributed by atoms with van der Waals surface area (Å²) in [5.41, 5.74) is 1.13. The predicted molar refractivity (Wildman–Crippen MR) is 66.3 cm³/mol. The lowest BCUT2D eigenvalue weighted by Crippen LogP contribution is -2.07. The standard InChI is InChI=1S/C12H15BrO3/c1-2-16-12-5-3-4-9(10(12)8-14)11(15)6-7-13/h3-5,14H,2,6-8H2,1H3. The first-order valence-electron chi connectivity index (χ1n) is 5.19. The second kappa shape index (κ2) is 6.66. The number of alkyl halides is 1. The minimum Gasteiger partial charge on any atom is -0.493 e. The molecule has 0 amide bonds. The minimum absolute atomic E-state index is 0.0162. The molecule has 0 unspecified atom stereocenters. The molecule has 0 atom stereocenters. The van der Waals surface area contributed by atoms with Crippen LogP contribution in [0.5, 0.6) is 5.75 Å². The van der Waals surface area contributed by atoms with Gasteiger partial charge >= 0.3 is 0 Å². The summed E-state index contributed by atoms with van der Waals surface area (Å²) in [6.07, 6.45) is 0.419. The zero-order chi connectivity index (χ0) is 12.0. The fourth-order valence-electron chi connectivity index (χ4n) is 1.50. The van der Waals surface area contributed by atoms with E-state index in [-0.39, 0.29) is 12.4 Å². The molecular weight excluding hydrogens is 272 g/mol. The maximum atomic E-state index is 11.8. The number of rotatable bonds is 6. The van der Waals surface area contributed by atoms with Gasteiger partial charge in [-0.05, 0) is 13.0 Å². The summed E-state index contributed by atoms with van der Waals surface area (Å²) >= 11 is 3.23. The molecule has 0 aliphatic rings. The van der Waals surface area contributed by atoms with Crippen molar-refractivity contribution in [2.24, 2.45) is 0 Å².